The van der Waals surface area contributed by atoms with Crippen molar-refractivity contribution in [1.29, 1.82) is 0 Å². The molecule has 0 spiro atoms. The minimum absolute atomic E-state index is 0.345. The molecule has 3 rings (SSSR count). The topological polar surface area (TPSA) is 33.7 Å². The summed E-state index contributed by atoms with van der Waals surface area (Å²) in [6.07, 6.45) is 0. The summed E-state index contributed by atoms with van der Waals surface area (Å²) in [6.45, 7) is 3.49. The standard InChI is InChI=1S/C12H16N2O2/c1-14-5-4-13-7-10(14)9-2-3-11-12(6-9)16-8-15-11/h2-3,6,10,13H,4-5,7-8H2,1H3. The zero-order chi connectivity index (χ0) is 11.0. The van der Waals surface area contributed by atoms with Gasteiger partial charge in [-0.15, -0.1) is 0 Å². The molecule has 2 aliphatic heterocycles. The summed E-state index contributed by atoms with van der Waals surface area (Å²) in [5, 5.41) is 3.42. The third-order valence-electron chi connectivity index (χ3n) is 3.29. The number of likely N-dealkylation sites (N-methyl/N-ethyl adjacent to an activating group) is 1. The van der Waals surface area contributed by atoms with Crippen LogP contribution in [0.15, 0.2) is 18.2 Å². The van der Waals surface area contributed by atoms with Crippen LogP contribution in [0.4, 0.5) is 0 Å². The van der Waals surface area contributed by atoms with E-state index in [4.69, 9.17) is 9.47 Å². The number of nitrogens with zero attached hydrogens (tertiary/aromatic N) is 1. The Morgan fingerprint density at radius 2 is 2.19 bits per heavy atom. The van der Waals surface area contributed by atoms with E-state index in [9.17, 15) is 0 Å². The fraction of sp³-hybridized carbons (Fsp3) is 0.500. The number of fused-ring (bicyclic) bond motifs is 1. The predicted molar refractivity (Wildman–Crippen MR) is 60.8 cm³/mol. The van der Waals surface area contributed by atoms with Crippen LogP contribution in [-0.4, -0.2) is 38.4 Å². The van der Waals surface area contributed by atoms with Gasteiger partial charge < -0.3 is 14.8 Å². The van der Waals surface area contributed by atoms with E-state index in [-0.39, 0.29) is 0 Å². The molecule has 0 amide bonds. The van der Waals surface area contributed by atoms with Crippen LogP contribution in [0, 0.1) is 0 Å². The molecule has 1 aromatic carbocycles. The SMILES string of the molecule is CN1CCNCC1c1ccc2c(c1)OCO2. The highest BCUT2D eigenvalue weighted by molar-refractivity contribution is 5.45. The molecule has 1 aromatic rings. The fourth-order valence-electron chi connectivity index (χ4n) is 2.30. The molecule has 1 unspecified atom stereocenters. The summed E-state index contributed by atoms with van der Waals surface area (Å²) >= 11 is 0. The molecular formula is C12H16N2O2. The number of piperazine rings is 1. The molecule has 1 saturated heterocycles. The van der Waals surface area contributed by atoms with Crippen LogP contribution >= 0.6 is 0 Å². The van der Waals surface area contributed by atoms with Crippen molar-refractivity contribution >= 4 is 0 Å². The molecule has 0 radical (unpaired) electrons. The molecule has 1 fully saturated rings. The fourth-order valence-corrected chi connectivity index (χ4v) is 2.30. The first-order valence-electron chi connectivity index (χ1n) is 5.65. The van der Waals surface area contributed by atoms with Crippen molar-refractivity contribution in [2.75, 3.05) is 33.5 Å². The Balaban J connectivity index is 1.88. The van der Waals surface area contributed by atoms with Gasteiger partial charge in [0.25, 0.3) is 0 Å². The minimum atomic E-state index is 0.345. The third kappa shape index (κ3) is 1.64. The van der Waals surface area contributed by atoms with Gasteiger partial charge in [-0.3, -0.25) is 4.90 Å². The van der Waals surface area contributed by atoms with Crippen LogP contribution in [0.3, 0.4) is 0 Å². The predicted octanol–water partition coefficient (Wildman–Crippen LogP) is 0.991. The van der Waals surface area contributed by atoms with E-state index in [1.165, 1.54) is 5.56 Å². The van der Waals surface area contributed by atoms with Crippen LogP contribution in [-0.2, 0) is 0 Å². The van der Waals surface area contributed by atoms with Crippen molar-refractivity contribution in [3.05, 3.63) is 23.8 Å². The zero-order valence-corrected chi connectivity index (χ0v) is 9.40. The molecule has 4 heteroatoms. The van der Waals surface area contributed by atoms with Gasteiger partial charge in [0.2, 0.25) is 6.79 Å². The first-order valence-corrected chi connectivity index (χ1v) is 5.65. The van der Waals surface area contributed by atoms with Crippen molar-refractivity contribution in [1.82, 2.24) is 10.2 Å². The molecule has 86 valence electrons. The van der Waals surface area contributed by atoms with Crippen molar-refractivity contribution in [2.24, 2.45) is 0 Å². The second-order valence-corrected chi connectivity index (χ2v) is 4.31. The Morgan fingerprint density at radius 3 is 3.06 bits per heavy atom. The Kier molecular flexibility index (Phi) is 2.46. The minimum Gasteiger partial charge on any atom is -0.454 e. The lowest BCUT2D eigenvalue weighted by Gasteiger charge is -2.33. The Morgan fingerprint density at radius 1 is 1.31 bits per heavy atom. The van der Waals surface area contributed by atoms with E-state index in [2.05, 4.69) is 29.4 Å². The monoisotopic (exact) mass is 220 g/mol. The molecule has 2 heterocycles. The second kappa shape index (κ2) is 3.96. The molecule has 1 atom stereocenters. The summed E-state index contributed by atoms with van der Waals surface area (Å²) in [4.78, 5) is 2.37. The number of hydrogen-bond acceptors (Lipinski definition) is 4. The van der Waals surface area contributed by atoms with Gasteiger partial charge in [-0.25, -0.2) is 0 Å². The largest absolute Gasteiger partial charge is 0.454 e. The zero-order valence-electron chi connectivity index (χ0n) is 9.40. The van der Waals surface area contributed by atoms with E-state index in [1.54, 1.807) is 0 Å². The van der Waals surface area contributed by atoms with Gasteiger partial charge in [-0.1, -0.05) is 6.07 Å². The Hall–Kier alpha value is -1.26. The molecule has 0 bridgehead atoms. The van der Waals surface area contributed by atoms with Gasteiger partial charge in [0.1, 0.15) is 0 Å². The van der Waals surface area contributed by atoms with E-state index >= 15 is 0 Å². The highest BCUT2D eigenvalue weighted by Crippen LogP contribution is 2.35. The maximum Gasteiger partial charge on any atom is 0.231 e. The molecule has 0 saturated carbocycles. The summed E-state index contributed by atoms with van der Waals surface area (Å²) in [5.74, 6) is 1.73. The lowest BCUT2D eigenvalue weighted by Crippen LogP contribution is -2.43. The summed E-state index contributed by atoms with van der Waals surface area (Å²) < 4.78 is 10.7. The van der Waals surface area contributed by atoms with Crippen LogP contribution in [0.2, 0.25) is 0 Å². The van der Waals surface area contributed by atoms with Gasteiger partial charge in [-0.2, -0.15) is 0 Å². The molecule has 0 aromatic heterocycles. The lowest BCUT2D eigenvalue weighted by molar-refractivity contribution is 0.173. The van der Waals surface area contributed by atoms with Crippen LogP contribution in [0.5, 0.6) is 11.5 Å². The van der Waals surface area contributed by atoms with Crippen molar-refractivity contribution < 1.29 is 9.47 Å². The number of ether oxygens (including phenoxy) is 2. The first kappa shape index (κ1) is 9.93. The highest BCUT2D eigenvalue weighted by Gasteiger charge is 2.22. The average Bonchev–Trinajstić information content (AvgIpc) is 2.76. The maximum absolute atomic E-state index is 5.40. The van der Waals surface area contributed by atoms with Crippen LogP contribution < -0.4 is 14.8 Å². The molecule has 1 N–H and O–H groups in total. The van der Waals surface area contributed by atoms with Crippen molar-refractivity contribution in [3.8, 4) is 11.5 Å². The quantitative estimate of drug-likeness (QED) is 0.765. The van der Waals surface area contributed by atoms with E-state index in [0.717, 1.165) is 31.1 Å². The highest BCUT2D eigenvalue weighted by atomic mass is 16.7. The normalized spacial score (nSPS) is 24.7. The number of benzene rings is 1. The van der Waals surface area contributed by atoms with E-state index in [0.29, 0.717) is 12.8 Å². The summed E-state index contributed by atoms with van der Waals surface area (Å²) in [6, 6.07) is 6.65. The van der Waals surface area contributed by atoms with Crippen LogP contribution in [0.1, 0.15) is 11.6 Å². The summed E-state index contributed by atoms with van der Waals surface area (Å²) in [7, 11) is 2.16. The molecule has 2 aliphatic rings. The molecule has 0 aliphatic carbocycles. The van der Waals surface area contributed by atoms with Gasteiger partial charge in [-0.05, 0) is 24.7 Å². The first-order chi connectivity index (χ1) is 7.84. The van der Waals surface area contributed by atoms with E-state index in [1.807, 2.05) is 6.07 Å². The number of nitrogens with one attached hydrogen (secondary N) is 1. The van der Waals surface area contributed by atoms with Gasteiger partial charge >= 0.3 is 0 Å². The average molecular weight is 220 g/mol. The smallest absolute Gasteiger partial charge is 0.231 e. The lowest BCUT2D eigenvalue weighted by atomic mass is 10.0. The van der Waals surface area contributed by atoms with Gasteiger partial charge in [0, 0.05) is 25.7 Å². The van der Waals surface area contributed by atoms with Crippen molar-refractivity contribution in [2.45, 2.75) is 6.04 Å². The molecular weight excluding hydrogens is 204 g/mol. The summed E-state index contributed by atoms with van der Waals surface area (Å²) in [5.41, 5.74) is 1.29. The maximum atomic E-state index is 5.40. The number of rotatable bonds is 1. The Labute approximate surface area is 95.1 Å². The van der Waals surface area contributed by atoms with Gasteiger partial charge in [0.15, 0.2) is 11.5 Å². The van der Waals surface area contributed by atoms with Gasteiger partial charge in [0.05, 0.1) is 0 Å². The number of hydrogen-bond donors (Lipinski definition) is 1. The van der Waals surface area contributed by atoms with Crippen molar-refractivity contribution in [3.63, 3.8) is 0 Å². The third-order valence-corrected chi connectivity index (χ3v) is 3.29. The second-order valence-electron chi connectivity index (χ2n) is 4.31. The molecule has 4 nitrogen and oxygen atoms in total. The Bertz CT molecular complexity index is 395. The van der Waals surface area contributed by atoms with E-state index < -0.39 is 0 Å². The van der Waals surface area contributed by atoms with Crippen LogP contribution in [0.25, 0.3) is 0 Å². The molecule has 16 heavy (non-hydrogen) atoms.